The van der Waals surface area contributed by atoms with Gasteiger partial charge in [-0.25, -0.2) is 4.98 Å². The van der Waals surface area contributed by atoms with Gasteiger partial charge in [0.25, 0.3) is 0 Å². The summed E-state index contributed by atoms with van der Waals surface area (Å²) in [5, 5.41) is 1.45. The molecule has 1 fully saturated rings. The lowest BCUT2D eigenvalue weighted by Crippen LogP contribution is -2.28. The van der Waals surface area contributed by atoms with Crippen LogP contribution in [0.25, 0.3) is 10.9 Å². The van der Waals surface area contributed by atoms with E-state index in [1.54, 1.807) is 0 Å². The summed E-state index contributed by atoms with van der Waals surface area (Å²) >= 11 is 6.08. The zero-order chi connectivity index (χ0) is 13.2. The second-order valence-corrected chi connectivity index (χ2v) is 5.45. The molecule has 0 N–H and O–H groups in total. The van der Waals surface area contributed by atoms with Gasteiger partial charge in [-0.05, 0) is 43.0 Å². The van der Waals surface area contributed by atoms with E-state index in [0.29, 0.717) is 11.3 Å². The first-order valence-electron chi connectivity index (χ1n) is 6.98. The third-order valence-electron chi connectivity index (χ3n) is 3.57. The number of hydrogen-bond acceptors (Lipinski definition) is 3. The molecular weight excluding hydrogens is 258 g/mol. The lowest BCUT2D eigenvalue weighted by Gasteiger charge is -2.24. The predicted molar refractivity (Wildman–Crippen MR) is 79.8 cm³/mol. The topological polar surface area (TPSA) is 29.0 Å². The van der Waals surface area contributed by atoms with E-state index in [2.05, 4.69) is 27.9 Å². The number of benzene rings is 1. The highest BCUT2D eigenvalue weighted by molar-refractivity contribution is 6.28. The molecule has 4 heteroatoms. The normalized spacial score (nSPS) is 14.8. The van der Waals surface area contributed by atoms with Gasteiger partial charge in [0.1, 0.15) is 5.82 Å². The van der Waals surface area contributed by atoms with E-state index in [1.165, 1.54) is 25.7 Å². The molecule has 0 amide bonds. The molecule has 2 aromatic rings. The van der Waals surface area contributed by atoms with Crippen LogP contribution in [0.4, 0.5) is 5.82 Å². The van der Waals surface area contributed by atoms with Crippen LogP contribution < -0.4 is 4.90 Å². The number of para-hydroxylation sites is 1. The predicted octanol–water partition coefficient (Wildman–Crippen LogP) is 4.05. The van der Waals surface area contributed by atoms with E-state index < -0.39 is 0 Å². The van der Waals surface area contributed by atoms with Crippen molar-refractivity contribution in [3.8, 4) is 0 Å². The first kappa shape index (κ1) is 12.7. The van der Waals surface area contributed by atoms with Gasteiger partial charge in [-0.15, -0.1) is 0 Å². The molecule has 0 bridgehead atoms. The smallest absolute Gasteiger partial charge is 0.224 e. The minimum Gasteiger partial charge on any atom is -0.353 e. The first-order valence-corrected chi connectivity index (χ1v) is 7.36. The zero-order valence-corrected chi connectivity index (χ0v) is 11.9. The van der Waals surface area contributed by atoms with Crippen molar-refractivity contribution in [3.63, 3.8) is 0 Å². The maximum atomic E-state index is 6.08. The minimum atomic E-state index is 0.343. The highest BCUT2D eigenvalue weighted by atomic mass is 35.5. The van der Waals surface area contributed by atoms with E-state index in [-0.39, 0.29) is 0 Å². The summed E-state index contributed by atoms with van der Waals surface area (Å²) in [4.78, 5) is 11.2. The first-order chi connectivity index (χ1) is 9.29. The Labute approximate surface area is 118 Å². The highest BCUT2D eigenvalue weighted by Crippen LogP contribution is 2.34. The van der Waals surface area contributed by atoms with E-state index in [9.17, 15) is 0 Å². The molecule has 0 radical (unpaired) electrons. The van der Waals surface area contributed by atoms with E-state index in [0.717, 1.165) is 23.3 Å². The number of anilines is 1. The van der Waals surface area contributed by atoms with Crippen molar-refractivity contribution in [3.05, 3.63) is 29.5 Å². The Bertz CT molecular complexity index is 581. The standard InChI is InChI=1S/C15H18ClN3/c1-2-3-10-19(11-8-9-11)14-12-6-4-5-7-13(12)17-15(16)18-14/h4-7,11H,2-3,8-10H2,1H3. The number of fused-ring (bicyclic) bond motifs is 1. The van der Waals surface area contributed by atoms with Crippen LogP contribution in [0.5, 0.6) is 0 Å². The van der Waals surface area contributed by atoms with Crippen molar-refractivity contribution >= 4 is 28.3 Å². The van der Waals surface area contributed by atoms with Crippen molar-refractivity contribution in [1.29, 1.82) is 0 Å². The summed E-state index contributed by atoms with van der Waals surface area (Å²) in [6, 6.07) is 8.75. The van der Waals surface area contributed by atoms with Crippen LogP contribution in [0.1, 0.15) is 32.6 Å². The average molecular weight is 276 g/mol. The number of halogens is 1. The molecule has 0 saturated heterocycles. The van der Waals surface area contributed by atoms with Crippen LogP contribution in [0.3, 0.4) is 0 Å². The third-order valence-corrected chi connectivity index (χ3v) is 3.74. The van der Waals surface area contributed by atoms with Gasteiger partial charge in [0.05, 0.1) is 5.52 Å². The molecule has 1 aromatic heterocycles. The molecule has 0 spiro atoms. The molecule has 3 nitrogen and oxygen atoms in total. The number of nitrogens with zero attached hydrogens (tertiary/aromatic N) is 3. The molecule has 19 heavy (non-hydrogen) atoms. The summed E-state index contributed by atoms with van der Waals surface area (Å²) in [5.74, 6) is 1.01. The Kier molecular flexibility index (Phi) is 3.56. The lowest BCUT2D eigenvalue weighted by atomic mass is 10.2. The summed E-state index contributed by atoms with van der Waals surface area (Å²) in [6.07, 6.45) is 4.91. The Balaban J connectivity index is 2.05. The Hall–Kier alpha value is -1.35. The summed E-state index contributed by atoms with van der Waals surface area (Å²) in [6.45, 7) is 3.27. The van der Waals surface area contributed by atoms with Gasteiger partial charge >= 0.3 is 0 Å². The second-order valence-electron chi connectivity index (χ2n) is 5.11. The zero-order valence-electron chi connectivity index (χ0n) is 11.1. The van der Waals surface area contributed by atoms with Crippen molar-refractivity contribution < 1.29 is 0 Å². The van der Waals surface area contributed by atoms with Crippen molar-refractivity contribution in [2.24, 2.45) is 0 Å². The summed E-state index contributed by atoms with van der Waals surface area (Å²) in [7, 11) is 0. The molecule has 0 aliphatic heterocycles. The largest absolute Gasteiger partial charge is 0.353 e. The summed E-state index contributed by atoms with van der Waals surface area (Å²) < 4.78 is 0. The van der Waals surface area contributed by atoms with Gasteiger partial charge in [0.2, 0.25) is 5.28 Å². The molecule has 3 rings (SSSR count). The third kappa shape index (κ3) is 2.66. The highest BCUT2D eigenvalue weighted by Gasteiger charge is 2.30. The Morgan fingerprint density at radius 2 is 2.05 bits per heavy atom. The van der Waals surface area contributed by atoms with Crippen molar-refractivity contribution in [2.45, 2.75) is 38.6 Å². The van der Waals surface area contributed by atoms with Crippen LogP contribution in [-0.2, 0) is 0 Å². The molecule has 100 valence electrons. The molecule has 1 aromatic carbocycles. The maximum absolute atomic E-state index is 6.08. The van der Waals surface area contributed by atoms with Crippen LogP contribution in [0, 0.1) is 0 Å². The van der Waals surface area contributed by atoms with Gasteiger partial charge in [-0.2, -0.15) is 4.98 Å². The SMILES string of the molecule is CCCCN(c1nc(Cl)nc2ccccc12)C1CC1. The summed E-state index contributed by atoms with van der Waals surface area (Å²) in [5.41, 5.74) is 0.930. The number of rotatable bonds is 5. The lowest BCUT2D eigenvalue weighted by molar-refractivity contribution is 0.706. The fourth-order valence-electron chi connectivity index (χ4n) is 2.43. The molecule has 1 saturated carbocycles. The maximum Gasteiger partial charge on any atom is 0.224 e. The van der Waals surface area contributed by atoms with Gasteiger partial charge in [-0.3, -0.25) is 0 Å². The number of hydrogen-bond donors (Lipinski definition) is 0. The molecule has 1 aliphatic carbocycles. The molecule has 1 heterocycles. The fraction of sp³-hybridized carbons (Fsp3) is 0.467. The Morgan fingerprint density at radius 3 is 2.79 bits per heavy atom. The van der Waals surface area contributed by atoms with Crippen LogP contribution in [0.15, 0.2) is 24.3 Å². The van der Waals surface area contributed by atoms with Gasteiger partial charge < -0.3 is 4.90 Å². The molecule has 0 unspecified atom stereocenters. The van der Waals surface area contributed by atoms with E-state index >= 15 is 0 Å². The molecule has 0 atom stereocenters. The average Bonchev–Trinajstić information content (AvgIpc) is 3.23. The Morgan fingerprint density at radius 1 is 1.26 bits per heavy atom. The molecule has 1 aliphatic rings. The van der Waals surface area contributed by atoms with E-state index in [4.69, 9.17) is 11.6 Å². The van der Waals surface area contributed by atoms with Crippen LogP contribution in [-0.4, -0.2) is 22.6 Å². The van der Waals surface area contributed by atoms with Gasteiger partial charge in [0.15, 0.2) is 0 Å². The number of aromatic nitrogens is 2. The number of unbranched alkanes of at least 4 members (excludes halogenated alkanes) is 1. The van der Waals surface area contributed by atoms with Crippen LogP contribution in [0.2, 0.25) is 5.28 Å². The monoisotopic (exact) mass is 275 g/mol. The quantitative estimate of drug-likeness (QED) is 0.771. The van der Waals surface area contributed by atoms with Gasteiger partial charge in [-0.1, -0.05) is 25.5 Å². The fourth-order valence-corrected chi connectivity index (χ4v) is 2.60. The van der Waals surface area contributed by atoms with Crippen LogP contribution >= 0.6 is 11.6 Å². The van der Waals surface area contributed by atoms with Gasteiger partial charge in [0, 0.05) is 18.0 Å². The second kappa shape index (κ2) is 5.33. The van der Waals surface area contributed by atoms with E-state index in [1.807, 2.05) is 18.2 Å². The van der Waals surface area contributed by atoms with Crippen molar-refractivity contribution in [1.82, 2.24) is 9.97 Å². The molecular formula is C15H18ClN3. The van der Waals surface area contributed by atoms with Crippen molar-refractivity contribution in [2.75, 3.05) is 11.4 Å². The minimum absolute atomic E-state index is 0.343.